The van der Waals surface area contributed by atoms with E-state index in [2.05, 4.69) is 25.4 Å². The average Bonchev–Trinajstić information content (AvgIpc) is 2.21. The van der Waals surface area contributed by atoms with E-state index in [-0.39, 0.29) is 16.6 Å². The number of rotatable bonds is 3. The van der Waals surface area contributed by atoms with Gasteiger partial charge in [-0.05, 0) is 33.6 Å². The van der Waals surface area contributed by atoms with Crippen LogP contribution in [-0.2, 0) is 16.0 Å². The third-order valence-electron chi connectivity index (χ3n) is 1.80. The molecule has 0 spiro atoms. The molecule has 3 nitrogen and oxygen atoms in total. The Morgan fingerprint density at radius 2 is 2.06 bits per heavy atom. The van der Waals surface area contributed by atoms with Crippen LogP contribution in [0.4, 0.5) is 13.2 Å². The van der Waals surface area contributed by atoms with E-state index in [0.29, 0.717) is 5.56 Å². The second-order valence-electron chi connectivity index (χ2n) is 3.07. The Balaban J connectivity index is 2.90. The number of hydrogen-bond donors (Lipinski definition) is 0. The highest BCUT2D eigenvalue weighted by Crippen LogP contribution is 2.31. The van der Waals surface area contributed by atoms with Gasteiger partial charge in [-0.3, -0.25) is 4.79 Å². The van der Waals surface area contributed by atoms with Gasteiger partial charge in [-0.15, -0.1) is 13.2 Å². The van der Waals surface area contributed by atoms with Gasteiger partial charge >= 0.3 is 12.3 Å². The lowest BCUT2D eigenvalue weighted by molar-refractivity contribution is -0.274. The summed E-state index contributed by atoms with van der Waals surface area (Å²) in [7, 11) is 1.20. The van der Waals surface area contributed by atoms with Crippen LogP contribution in [0.25, 0.3) is 0 Å². The van der Waals surface area contributed by atoms with Gasteiger partial charge in [-0.25, -0.2) is 0 Å². The monoisotopic (exact) mass is 312 g/mol. The number of methoxy groups -OCH3 is 1. The van der Waals surface area contributed by atoms with Gasteiger partial charge in [0.05, 0.1) is 18.0 Å². The smallest absolute Gasteiger partial charge is 0.469 e. The van der Waals surface area contributed by atoms with Gasteiger partial charge in [0.15, 0.2) is 0 Å². The van der Waals surface area contributed by atoms with Crippen molar-refractivity contribution in [3.8, 4) is 5.75 Å². The molecule has 0 aromatic heterocycles. The molecule has 0 aliphatic rings. The first kappa shape index (κ1) is 13.8. The summed E-state index contributed by atoms with van der Waals surface area (Å²) in [6.45, 7) is 0. The highest BCUT2D eigenvalue weighted by atomic mass is 79.9. The number of halogens is 4. The molecule has 0 atom stereocenters. The largest absolute Gasteiger partial charge is 0.573 e. The normalized spacial score (nSPS) is 11.1. The molecule has 1 rings (SSSR count). The first-order valence-corrected chi connectivity index (χ1v) is 5.22. The lowest BCUT2D eigenvalue weighted by atomic mass is 10.1. The Labute approximate surface area is 104 Å². The number of hydrogen-bond acceptors (Lipinski definition) is 3. The quantitative estimate of drug-likeness (QED) is 0.805. The van der Waals surface area contributed by atoms with Crippen molar-refractivity contribution in [1.29, 1.82) is 0 Å². The SMILES string of the molecule is COC(=O)Cc1ccc(Br)c(OC(F)(F)F)c1. The Morgan fingerprint density at radius 1 is 1.41 bits per heavy atom. The first-order chi connectivity index (χ1) is 7.81. The predicted molar refractivity (Wildman–Crippen MR) is 56.5 cm³/mol. The Kier molecular flexibility index (Phi) is 4.39. The van der Waals surface area contributed by atoms with Gasteiger partial charge in [-0.1, -0.05) is 6.07 Å². The standard InChI is InChI=1S/C10H8BrF3O3/c1-16-9(15)5-6-2-3-7(11)8(4-6)17-10(12,13)14/h2-4H,5H2,1H3. The van der Waals surface area contributed by atoms with E-state index < -0.39 is 12.3 Å². The molecule has 7 heteroatoms. The lowest BCUT2D eigenvalue weighted by Gasteiger charge is -2.11. The summed E-state index contributed by atoms with van der Waals surface area (Å²) in [6.07, 6.45) is -4.88. The fraction of sp³-hybridized carbons (Fsp3) is 0.300. The molecule has 0 saturated heterocycles. The lowest BCUT2D eigenvalue weighted by Crippen LogP contribution is -2.17. The summed E-state index contributed by atoms with van der Waals surface area (Å²) in [4.78, 5) is 11.0. The predicted octanol–water partition coefficient (Wildman–Crippen LogP) is 3.06. The van der Waals surface area contributed by atoms with Gasteiger partial charge in [0.2, 0.25) is 0 Å². The Morgan fingerprint density at radius 3 is 2.59 bits per heavy atom. The number of esters is 1. The number of ether oxygens (including phenoxy) is 2. The second-order valence-corrected chi connectivity index (χ2v) is 3.92. The molecule has 17 heavy (non-hydrogen) atoms. The van der Waals surface area contributed by atoms with Crippen LogP contribution in [0.1, 0.15) is 5.56 Å². The van der Waals surface area contributed by atoms with Crippen molar-refractivity contribution in [3.05, 3.63) is 28.2 Å². The molecule has 0 heterocycles. The van der Waals surface area contributed by atoms with Gasteiger partial charge < -0.3 is 9.47 Å². The van der Waals surface area contributed by atoms with Crippen molar-refractivity contribution in [1.82, 2.24) is 0 Å². The number of benzene rings is 1. The average molecular weight is 313 g/mol. The minimum Gasteiger partial charge on any atom is -0.469 e. The second kappa shape index (κ2) is 5.39. The van der Waals surface area contributed by atoms with E-state index in [1.807, 2.05) is 0 Å². The summed E-state index contributed by atoms with van der Waals surface area (Å²) < 4.78 is 44.5. The van der Waals surface area contributed by atoms with Crippen LogP contribution in [-0.4, -0.2) is 19.4 Å². The Bertz CT molecular complexity index is 418. The van der Waals surface area contributed by atoms with Crippen molar-refractivity contribution in [3.63, 3.8) is 0 Å². The van der Waals surface area contributed by atoms with Gasteiger partial charge in [0.25, 0.3) is 0 Å². The summed E-state index contributed by atoms with van der Waals surface area (Å²) in [5, 5.41) is 0. The molecule has 0 fully saturated rings. The first-order valence-electron chi connectivity index (χ1n) is 4.43. The maximum atomic E-state index is 12.0. The number of alkyl halides is 3. The molecule has 0 radical (unpaired) electrons. The summed E-state index contributed by atoms with van der Waals surface area (Å²) in [5.74, 6) is -0.927. The van der Waals surface area contributed by atoms with Crippen LogP contribution in [0.3, 0.4) is 0 Å². The van der Waals surface area contributed by atoms with Gasteiger partial charge in [0.1, 0.15) is 5.75 Å². The minimum absolute atomic E-state index is 0.113. The topological polar surface area (TPSA) is 35.5 Å². The van der Waals surface area contributed by atoms with E-state index in [9.17, 15) is 18.0 Å². The minimum atomic E-state index is -4.77. The fourth-order valence-electron chi connectivity index (χ4n) is 1.10. The van der Waals surface area contributed by atoms with Crippen LogP contribution in [0.5, 0.6) is 5.75 Å². The van der Waals surface area contributed by atoms with E-state index >= 15 is 0 Å². The van der Waals surface area contributed by atoms with Crippen LogP contribution < -0.4 is 4.74 Å². The highest BCUT2D eigenvalue weighted by molar-refractivity contribution is 9.10. The molecule has 1 aromatic rings. The van der Waals surface area contributed by atoms with Crippen molar-refractivity contribution in [2.75, 3.05) is 7.11 Å². The fourth-order valence-corrected chi connectivity index (χ4v) is 1.43. The summed E-state index contributed by atoms with van der Waals surface area (Å²) in [5.41, 5.74) is 0.374. The molecule has 0 N–H and O–H groups in total. The van der Waals surface area contributed by atoms with Gasteiger partial charge in [-0.2, -0.15) is 0 Å². The maximum Gasteiger partial charge on any atom is 0.573 e. The molecule has 94 valence electrons. The van der Waals surface area contributed by atoms with Crippen LogP contribution in [0, 0.1) is 0 Å². The molecule has 0 amide bonds. The van der Waals surface area contributed by atoms with Gasteiger partial charge in [0, 0.05) is 0 Å². The third kappa shape index (κ3) is 4.64. The number of carbonyl (C=O) groups is 1. The van der Waals surface area contributed by atoms with E-state index in [4.69, 9.17) is 0 Å². The summed E-state index contributed by atoms with van der Waals surface area (Å²) in [6, 6.07) is 4.01. The molecular formula is C10H8BrF3O3. The van der Waals surface area contributed by atoms with Crippen molar-refractivity contribution in [2.45, 2.75) is 12.8 Å². The Hall–Kier alpha value is -1.24. The highest BCUT2D eigenvalue weighted by Gasteiger charge is 2.32. The molecule has 0 saturated carbocycles. The van der Waals surface area contributed by atoms with E-state index in [1.165, 1.54) is 19.2 Å². The molecule has 0 unspecified atom stereocenters. The zero-order valence-corrected chi connectivity index (χ0v) is 10.3. The van der Waals surface area contributed by atoms with Crippen molar-refractivity contribution >= 4 is 21.9 Å². The zero-order chi connectivity index (χ0) is 13.1. The third-order valence-corrected chi connectivity index (χ3v) is 2.45. The number of carbonyl (C=O) groups excluding carboxylic acids is 1. The molecule has 0 aliphatic heterocycles. The van der Waals surface area contributed by atoms with Crippen molar-refractivity contribution in [2.24, 2.45) is 0 Å². The molecule has 0 bridgehead atoms. The molecule has 1 aromatic carbocycles. The van der Waals surface area contributed by atoms with E-state index in [1.54, 1.807) is 0 Å². The zero-order valence-electron chi connectivity index (χ0n) is 8.68. The molecular weight excluding hydrogens is 305 g/mol. The van der Waals surface area contributed by atoms with E-state index in [0.717, 1.165) is 6.07 Å². The maximum absolute atomic E-state index is 12.0. The van der Waals surface area contributed by atoms with Crippen LogP contribution in [0.15, 0.2) is 22.7 Å². The van der Waals surface area contributed by atoms with Crippen molar-refractivity contribution < 1.29 is 27.4 Å². The summed E-state index contributed by atoms with van der Waals surface area (Å²) >= 11 is 2.93. The van der Waals surface area contributed by atoms with Crippen LogP contribution in [0.2, 0.25) is 0 Å². The molecule has 0 aliphatic carbocycles. The van der Waals surface area contributed by atoms with Crippen LogP contribution >= 0.6 is 15.9 Å².